The first-order valence-corrected chi connectivity index (χ1v) is 8.03. The van der Waals surface area contributed by atoms with Gasteiger partial charge in [-0.1, -0.05) is 24.3 Å². The minimum atomic E-state index is 0.00480. The van der Waals surface area contributed by atoms with Crippen LogP contribution in [0.1, 0.15) is 17.5 Å². The van der Waals surface area contributed by atoms with Crippen LogP contribution in [0.2, 0.25) is 0 Å². The second kappa shape index (κ2) is 7.73. The highest BCUT2D eigenvalue weighted by Crippen LogP contribution is 2.32. The minimum Gasteiger partial charge on any atom is -0.496 e. The molecule has 1 aliphatic rings. The highest BCUT2D eigenvalue weighted by Gasteiger charge is 2.13. The number of benzene rings is 2. The molecule has 0 spiro atoms. The van der Waals surface area contributed by atoms with Gasteiger partial charge in [-0.25, -0.2) is 0 Å². The molecule has 0 unspecified atom stereocenters. The topological polar surface area (TPSA) is 56.8 Å². The SMILES string of the molecule is COc1ccccc1CC(=O)NCCCc1ccc2c(c1)OCO2. The predicted octanol–water partition coefficient (Wildman–Crippen LogP) is 2.72. The Morgan fingerprint density at radius 1 is 1.17 bits per heavy atom. The molecule has 5 heteroatoms. The zero-order valence-electron chi connectivity index (χ0n) is 13.7. The number of rotatable bonds is 7. The Hall–Kier alpha value is -2.69. The summed E-state index contributed by atoms with van der Waals surface area (Å²) in [7, 11) is 1.61. The number of hydrogen-bond donors (Lipinski definition) is 1. The summed E-state index contributed by atoms with van der Waals surface area (Å²) in [6.45, 7) is 0.931. The number of carbonyl (C=O) groups excluding carboxylic acids is 1. The van der Waals surface area contributed by atoms with Crippen molar-refractivity contribution in [2.24, 2.45) is 0 Å². The van der Waals surface area contributed by atoms with Gasteiger partial charge in [-0.05, 0) is 36.6 Å². The Balaban J connectivity index is 1.42. The zero-order chi connectivity index (χ0) is 16.8. The molecule has 0 saturated carbocycles. The summed E-state index contributed by atoms with van der Waals surface area (Å²) in [6, 6.07) is 13.5. The molecule has 5 nitrogen and oxygen atoms in total. The third kappa shape index (κ3) is 3.98. The van der Waals surface area contributed by atoms with E-state index >= 15 is 0 Å². The monoisotopic (exact) mass is 327 g/mol. The van der Waals surface area contributed by atoms with Gasteiger partial charge in [-0.2, -0.15) is 0 Å². The molecule has 1 N–H and O–H groups in total. The van der Waals surface area contributed by atoms with E-state index in [0.717, 1.165) is 35.7 Å². The summed E-state index contributed by atoms with van der Waals surface area (Å²) >= 11 is 0. The first-order valence-electron chi connectivity index (χ1n) is 8.03. The number of amides is 1. The van der Waals surface area contributed by atoms with Crippen LogP contribution in [-0.2, 0) is 17.6 Å². The molecule has 0 bridgehead atoms. The standard InChI is InChI=1S/C19H21NO4/c1-22-16-7-3-2-6-15(16)12-19(21)20-10-4-5-14-8-9-17-18(11-14)24-13-23-17/h2-3,6-9,11H,4-5,10,12-13H2,1H3,(H,20,21). The van der Waals surface area contributed by atoms with Crippen LogP contribution in [0, 0.1) is 0 Å². The van der Waals surface area contributed by atoms with Crippen LogP contribution in [-0.4, -0.2) is 26.4 Å². The van der Waals surface area contributed by atoms with Crippen molar-refractivity contribution >= 4 is 5.91 Å². The van der Waals surface area contributed by atoms with E-state index in [0.29, 0.717) is 13.0 Å². The normalized spacial score (nSPS) is 12.0. The highest BCUT2D eigenvalue weighted by molar-refractivity contribution is 5.79. The van der Waals surface area contributed by atoms with Crippen LogP contribution in [0.15, 0.2) is 42.5 Å². The quantitative estimate of drug-likeness (QED) is 0.795. The summed E-state index contributed by atoms with van der Waals surface area (Å²) in [6.07, 6.45) is 2.08. The maximum Gasteiger partial charge on any atom is 0.231 e. The van der Waals surface area contributed by atoms with Gasteiger partial charge >= 0.3 is 0 Å². The molecule has 0 aliphatic carbocycles. The van der Waals surface area contributed by atoms with Gasteiger partial charge in [0.05, 0.1) is 13.5 Å². The second-order valence-electron chi connectivity index (χ2n) is 5.63. The van der Waals surface area contributed by atoms with Gasteiger partial charge in [0.1, 0.15) is 5.75 Å². The van der Waals surface area contributed by atoms with Crippen molar-refractivity contribution in [3.63, 3.8) is 0 Å². The van der Waals surface area contributed by atoms with Gasteiger partial charge in [-0.15, -0.1) is 0 Å². The number of methoxy groups -OCH3 is 1. The molecule has 0 fully saturated rings. The van der Waals surface area contributed by atoms with E-state index in [9.17, 15) is 4.79 Å². The largest absolute Gasteiger partial charge is 0.496 e. The van der Waals surface area contributed by atoms with E-state index in [2.05, 4.69) is 5.32 Å². The third-order valence-corrected chi connectivity index (χ3v) is 3.94. The number of carbonyl (C=O) groups is 1. The molecule has 0 aromatic heterocycles. The molecule has 1 amide bonds. The fraction of sp³-hybridized carbons (Fsp3) is 0.316. The predicted molar refractivity (Wildman–Crippen MR) is 90.6 cm³/mol. The average Bonchev–Trinajstić information content (AvgIpc) is 3.07. The second-order valence-corrected chi connectivity index (χ2v) is 5.63. The van der Waals surface area contributed by atoms with E-state index in [1.54, 1.807) is 7.11 Å². The van der Waals surface area contributed by atoms with E-state index in [1.807, 2.05) is 42.5 Å². The molecule has 3 rings (SSSR count). The Bertz CT molecular complexity index is 714. The first-order chi connectivity index (χ1) is 11.8. The molecule has 24 heavy (non-hydrogen) atoms. The Morgan fingerprint density at radius 3 is 2.88 bits per heavy atom. The lowest BCUT2D eigenvalue weighted by Gasteiger charge is -2.09. The van der Waals surface area contributed by atoms with Gasteiger partial charge in [0, 0.05) is 12.1 Å². The van der Waals surface area contributed by atoms with Crippen LogP contribution in [0.25, 0.3) is 0 Å². The zero-order valence-corrected chi connectivity index (χ0v) is 13.7. The first kappa shape index (κ1) is 16.2. The average molecular weight is 327 g/mol. The van der Waals surface area contributed by atoms with Crippen LogP contribution < -0.4 is 19.5 Å². The minimum absolute atomic E-state index is 0.00480. The number of aryl methyl sites for hydroxylation is 1. The van der Waals surface area contributed by atoms with Crippen molar-refractivity contribution in [3.05, 3.63) is 53.6 Å². The number of fused-ring (bicyclic) bond motifs is 1. The van der Waals surface area contributed by atoms with Crippen molar-refractivity contribution in [1.82, 2.24) is 5.32 Å². The molecule has 0 radical (unpaired) electrons. The molecule has 1 heterocycles. The van der Waals surface area contributed by atoms with E-state index in [-0.39, 0.29) is 12.7 Å². The smallest absolute Gasteiger partial charge is 0.231 e. The van der Waals surface area contributed by atoms with Crippen LogP contribution in [0.3, 0.4) is 0 Å². The lowest BCUT2D eigenvalue weighted by molar-refractivity contribution is -0.120. The fourth-order valence-electron chi connectivity index (χ4n) is 2.70. The number of para-hydroxylation sites is 1. The van der Waals surface area contributed by atoms with Crippen LogP contribution in [0.4, 0.5) is 0 Å². The highest BCUT2D eigenvalue weighted by atomic mass is 16.7. The van der Waals surface area contributed by atoms with Gasteiger partial charge in [-0.3, -0.25) is 4.79 Å². The molecule has 2 aromatic carbocycles. The summed E-state index contributed by atoms with van der Waals surface area (Å²) in [5.41, 5.74) is 2.08. The summed E-state index contributed by atoms with van der Waals surface area (Å²) in [4.78, 5) is 12.0. The van der Waals surface area contributed by atoms with Crippen molar-refractivity contribution < 1.29 is 19.0 Å². The molecule has 2 aromatic rings. The fourth-order valence-corrected chi connectivity index (χ4v) is 2.70. The van der Waals surface area contributed by atoms with Crippen LogP contribution in [0.5, 0.6) is 17.2 Å². The van der Waals surface area contributed by atoms with Gasteiger partial charge in [0.25, 0.3) is 0 Å². The Morgan fingerprint density at radius 2 is 2.00 bits per heavy atom. The molecular formula is C19H21NO4. The Kier molecular flexibility index (Phi) is 5.21. The van der Waals surface area contributed by atoms with E-state index in [1.165, 1.54) is 5.56 Å². The van der Waals surface area contributed by atoms with Gasteiger partial charge < -0.3 is 19.5 Å². The molecule has 0 atom stereocenters. The van der Waals surface area contributed by atoms with Gasteiger partial charge in [0.2, 0.25) is 12.7 Å². The Labute approximate surface area is 141 Å². The lowest BCUT2D eigenvalue weighted by Crippen LogP contribution is -2.26. The lowest BCUT2D eigenvalue weighted by atomic mass is 10.1. The van der Waals surface area contributed by atoms with E-state index in [4.69, 9.17) is 14.2 Å². The third-order valence-electron chi connectivity index (χ3n) is 3.94. The number of hydrogen-bond acceptors (Lipinski definition) is 4. The van der Waals surface area contributed by atoms with Gasteiger partial charge in [0.15, 0.2) is 11.5 Å². The number of ether oxygens (including phenoxy) is 3. The maximum atomic E-state index is 12.0. The van der Waals surface area contributed by atoms with Crippen molar-refractivity contribution in [2.45, 2.75) is 19.3 Å². The van der Waals surface area contributed by atoms with Crippen LogP contribution >= 0.6 is 0 Å². The molecule has 126 valence electrons. The summed E-state index contributed by atoms with van der Waals surface area (Å²) in [5, 5.41) is 2.95. The van der Waals surface area contributed by atoms with E-state index < -0.39 is 0 Å². The summed E-state index contributed by atoms with van der Waals surface area (Å²) < 4.78 is 15.9. The molecular weight excluding hydrogens is 306 g/mol. The molecule has 1 aliphatic heterocycles. The molecule has 0 saturated heterocycles. The maximum absolute atomic E-state index is 12.0. The van der Waals surface area contributed by atoms with Crippen molar-refractivity contribution in [3.8, 4) is 17.2 Å². The number of nitrogens with one attached hydrogen (secondary N) is 1. The summed E-state index contributed by atoms with van der Waals surface area (Å²) in [5.74, 6) is 2.34. The van der Waals surface area contributed by atoms with Crippen molar-refractivity contribution in [1.29, 1.82) is 0 Å². The van der Waals surface area contributed by atoms with Crippen molar-refractivity contribution in [2.75, 3.05) is 20.4 Å².